The number of likely N-dealkylation sites (N-methyl/N-ethyl adjacent to an activating group) is 1. The highest BCUT2D eigenvalue weighted by Crippen LogP contribution is 2.33. The van der Waals surface area contributed by atoms with Crippen molar-refractivity contribution in [2.24, 2.45) is 0 Å². The van der Waals surface area contributed by atoms with Crippen molar-refractivity contribution in [1.82, 2.24) is 9.62 Å². The Bertz CT molecular complexity index is 713. The lowest BCUT2D eigenvalue weighted by atomic mass is 9.97. The zero-order chi connectivity index (χ0) is 18.0. The Morgan fingerprint density at radius 2 is 1.96 bits per heavy atom. The average Bonchev–Trinajstić information content (AvgIpc) is 3.02. The van der Waals surface area contributed by atoms with Gasteiger partial charge in [-0.2, -0.15) is 0 Å². The molecule has 1 fully saturated rings. The monoisotopic (exact) mass is 374 g/mol. The van der Waals surface area contributed by atoms with Crippen LogP contribution >= 0.6 is 11.6 Å². The maximum atomic E-state index is 12.6. The SMILES string of the molecule is COC(=O)c1ccc(S(=O)(=O)NCC2(N(C)C)CCCC2)c(Cl)c1. The molecule has 0 heterocycles. The van der Waals surface area contributed by atoms with Crippen LogP contribution in [-0.4, -0.2) is 52.6 Å². The van der Waals surface area contributed by atoms with Crippen LogP contribution in [0.15, 0.2) is 23.1 Å². The lowest BCUT2D eigenvalue weighted by Gasteiger charge is -2.36. The van der Waals surface area contributed by atoms with Gasteiger partial charge in [-0.1, -0.05) is 24.4 Å². The van der Waals surface area contributed by atoms with E-state index < -0.39 is 16.0 Å². The maximum Gasteiger partial charge on any atom is 0.337 e. The molecule has 0 amide bonds. The Morgan fingerprint density at radius 3 is 2.46 bits per heavy atom. The third-order valence-corrected chi connectivity index (χ3v) is 6.60. The molecule has 0 aliphatic heterocycles. The van der Waals surface area contributed by atoms with Gasteiger partial charge in [-0.05, 0) is 45.1 Å². The number of nitrogens with zero attached hydrogens (tertiary/aromatic N) is 1. The number of hydrogen-bond donors (Lipinski definition) is 1. The van der Waals surface area contributed by atoms with E-state index in [1.807, 2.05) is 14.1 Å². The topological polar surface area (TPSA) is 75.7 Å². The Morgan fingerprint density at radius 1 is 1.33 bits per heavy atom. The van der Waals surface area contributed by atoms with Gasteiger partial charge < -0.3 is 9.64 Å². The van der Waals surface area contributed by atoms with Gasteiger partial charge in [-0.3, -0.25) is 0 Å². The van der Waals surface area contributed by atoms with Crippen molar-refractivity contribution in [3.63, 3.8) is 0 Å². The number of carbonyl (C=O) groups is 1. The quantitative estimate of drug-likeness (QED) is 0.773. The minimum absolute atomic E-state index is 0.00396. The summed E-state index contributed by atoms with van der Waals surface area (Å²) in [6, 6.07) is 4.02. The van der Waals surface area contributed by atoms with Gasteiger partial charge in [0.2, 0.25) is 10.0 Å². The molecule has 1 aromatic carbocycles. The molecule has 6 nitrogen and oxygen atoms in total. The second kappa shape index (κ2) is 7.39. The van der Waals surface area contributed by atoms with Gasteiger partial charge in [0, 0.05) is 12.1 Å². The van der Waals surface area contributed by atoms with Gasteiger partial charge in [0.15, 0.2) is 0 Å². The smallest absolute Gasteiger partial charge is 0.337 e. The van der Waals surface area contributed by atoms with Crippen LogP contribution < -0.4 is 4.72 Å². The second-order valence-corrected chi connectivity index (χ2v) is 8.43. The fourth-order valence-corrected chi connectivity index (χ4v) is 4.75. The first-order valence-corrected chi connectivity index (χ1v) is 9.63. The van der Waals surface area contributed by atoms with E-state index in [2.05, 4.69) is 14.4 Å². The molecule has 1 aliphatic carbocycles. The fraction of sp³-hybridized carbons (Fsp3) is 0.562. The average molecular weight is 375 g/mol. The lowest BCUT2D eigenvalue weighted by Crippen LogP contribution is -2.50. The van der Waals surface area contributed by atoms with Crippen LogP contribution in [0.5, 0.6) is 0 Å². The molecule has 0 bridgehead atoms. The zero-order valence-electron chi connectivity index (χ0n) is 14.1. The van der Waals surface area contributed by atoms with Crippen LogP contribution in [-0.2, 0) is 14.8 Å². The van der Waals surface area contributed by atoms with Crippen molar-refractivity contribution >= 4 is 27.6 Å². The van der Waals surface area contributed by atoms with E-state index in [4.69, 9.17) is 11.6 Å². The molecular formula is C16H23ClN2O4S. The summed E-state index contributed by atoms with van der Waals surface area (Å²) < 4.78 is 32.5. The van der Waals surface area contributed by atoms with Crippen molar-refractivity contribution in [1.29, 1.82) is 0 Å². The summed E-state index contributed by atoms with van der Waals surface area (Å²) in [7, 11) is 1.43. The lowest BCUT2D eigenvalue weighted by molar-refractivity contribution is 0.0600. The highest BCUT2D eigenvalue weighted by Gasteiger charge is 2.37. The van der Waals surface area contributed by atoms with E-state index in [1.54, 1.807) is 0 Å². The third-order valence-electron chi connectivity index (χ3n) is 4.72. The normalized spacial score (nSPS) is 17.2. The number of benzene rings is 1. The van der Waals surface area contributed by atoms with Gasteiger partial charge >= 0.3 is 5.97 Å². The van der Waals surface area contributed by atoms with Crippen LogP contribution in [0.3, 0.4) is 0 Å². The minimum Gasteiger partial charge on any atom is -0.465 e. The van der Waals surface area contributed by atoms with Gasteiger partial charge in [-0.15, -0.1) is 0 Å². The molecule has 1 aliphatic rings. The van der Waals surface area contributed by atoms with Crippen molar-refractivity contribution in [2.75, 3.05) is 27.7 Å². The molecule has 0 saturated heterocycles. The van der Waals surface area contributed by atoms with E-state index in [-0.39, 0.29) is 21.0 Å². The summed E-state index contributed by atoms with van der Waals surface area (Å²) in [6.07, 6.45) is 4.10. The number of esters is 1. The van der Waals surface area contributed by atoms with Crippen LogP contribution in [0.2, 0.25) is 5.02 Å². The number of halogens is 1. The Labute approximate surface area is 148 Å². The van der Waals surface area contributed by atoms with Crippen LogP contribution in [0.1, 0.15) is 36.0 Å². The fourth-order valence-electron chi connectivity index (χ4n) is 3.09. The zero-order valence-corrected chi connectivity index (χ0v) is 15.7. The van der Waals surface area contributed by atoms with Crippen molar-refractivity contribution < 1.29 is 17.9 Å². The van der Waals surface area contributed by atoms with E-state index in [0.29, 0.717) is 6.54 Å². The number of carbonyl (C=O) groups excluding carboxylic acids is 1. The standard InChI is InChI=1S/C16H23ClN2O4S/c1-19(2)16(8-4-5-9-16)11-18-24(21,22)14-7-6-12(10-13(14)17)15(20)23-3/h6-7,10,18H,4-5,8-9,11H2,1-3H3. The molecule has 0 aromatic heterocycles. The van der Waals surface area contributed by atoms with Crippen molar-refractivity contribution in [3.05, 3.63) is 28.8 Å². The molecule has 0 atom stereocenters. The van der Waals surface area contributed by atoms with Gasteiger partial charge in [0.1, 0.15) is 4.90 Å². The van der Waals surface area contributed by atoms with Crippen LogP contribution in [0, 0.1) is 0 Å². The van der Waals surface area contributed by atoms with Crippen molar-refractivity contribution in [3.8, 4) is 0 Å². The number of ether oxygens (including phenoxy) is 1. The predicted octanol–water partition coefficient (Wildman–Crippen LogP) is 2.28. The molecule has 0 spiro atoms. The third kappa shape index (κ3) is 3.91. The first-order valence-electron chi connectivity index (χ1n) is 7.77. The molecule has 0 radical (unpaired) electrons. The number of sulfonamides is 1. The summed E-state index contributed by atoms with van der Waals surface area (Å²) in [4.78, 5) is 13.5. The van der Waals surface area contributed by atoms with Gasteiger partial charge in [-0.25, -0.2) is 17.9 Å². The molecule has 8 heteroatoms. The highest BCUT2D eigenvalue weighted by molar-refractivity contribution is 7.89. The molecule has 2 rings (SSSR count). The molecule has 0 unspecified atom stereocenters. The first kappa shape index (κ1) is 19.2. The second-order valence-electron chi connectivity index (χ2n) is 6.29. The number of nitrogens with one attached hydrogen (secondary N) is 1. The summed E-state index contributed by atoms with van der Waals surface area (Å²) in [5.41, 5.74) is 0.0490. The van der Waals surface area contributed by atoms with Gasteiger partial charge in [0.05, 0.1) is 17.7 Å². The summed E-state index contributed by atoms with van der Waals surface area (Å²) >= 11 is 6.07. The molecule has 1 saturated carbocycles. The summed E-state index contributed by atoms with van der Waals surface area (Å²) in [5, 5.41) is -0.00396. The molecule has 134 valence electrons. The van der Waals surface area contributed by atoms with Gasteiger partial charge in [0.25, 0.3) is 0 Å². The van der Waals surface area contributed by atoms with Crippen LogP contribution in [0.25, 0.3) is 0 Å². The first-order chi connectivity index (χ1) is 11.2. The van der Waals surface area contributed by atoms with Crippen molar-refractivity contribution in [2.45, 2.75) is 36.1 Å². The van der Waals surface area contributed by atoms with E-state index in [9.17, 15) is 13.2 Å². The summed E-state index contributed by atoms with van der Waals surface area (Å²) in [5.74, 6) is -0.564. The molecule has 24 heavy (non-hydrogen) atoms. The predicted molar refractivity (Wildman–Crippen MR) is 92.9 cm³/mol. The Kier molecular flexibility index (Phi) is 5.91. The van der Waals surface area contributed by atoms with E-state index in [0.717, 1.165) is 25.7 Å². The number of rotatable bonds is 6. The number of hydrogen-bond acceptors (Lipinski definition) is 5. The highest BCUT2D eigenvalue weighted by atomic mass is 35.5. The summed E-state index contributed by atoms with van der Waals surface area (Å²) in [6.45, 7) is 0.331. The largest absolute Gasteiger partial charge is 0.465 e. The maximum absolute atomic E-state index is 12.6. The van der Waals surface area contributed by atoms with Crippen LogP contribution in [0.4, 0.5) is 0 Å². The molecule has 1 aromatic rings. The van der Waals surface area contributed by atoms with E-state index in [1.165, 1.54) is 25.3 Å². The molecule has 1 N–H and O–H groups in total. The Balaban J connectivity index is 2.20. The molecular weight excluding hydrogens is 352 g/mol. The Hall–Kier alpha value is -1.15. The minimum atomic E-state index is -3.76. The van der Waals surface area contributed by atoms with E-state index >= 15 is 0 Å². The number of methoxy groups -OCH3 is 1.